The van der Waals surface area contributed by atoms with Gasteiger partial charge in [0.25, 0.3) is 5.91 Å². The summed E-state index contributed by atoms with van der Waals surface area (Å²) in [5.74, 6) is 0.874. The number of aromatic nitrogens is 1. The first-order chi connectivity index (χ1) is 13.7. The van der Waals surface area contributed by atoms with Gasteiger partial charge in [-0.15, -0.1) is 0 Å². The molecule has 1 aromatic heterocycles. The average Bonchev–Trinajstić information content (AvgIpc) is 3.35. The quantitative estimate of drug-likeness (QED) is 0.871. The number of fused-ring (bicyclic) bond motifs is 1. The number of nitrogens with zero attached hydrogens (tertiary/aromatic N) is 2. The number of amides is 1. The van der Waals surface area contributed by atoms with E-state index in [1.165, 1.54) is 31.2 Å². The van der Waals surface area contributed by atoms with Crippen molar-refractivity contribution >= 4 is 17.4 Å². The molecule has 0 radical (unpaired) electrons. The standard InChI is InChI=1S/C23H27N3O2/c27-22(26-13-9-17-5-1-2-6-20(17)26)18-7-8-21(24-16-18)25-19-10-14-28-23(15-19)11-3-4-12-23/h1-2,5-8,16,19H,3-4,9-15H2,(H,24,25). The molecule has 2 aromatic rings. The van der Waals surface area contributed by atoms with Gasteiger partial charge < -0.3 is 15.0 Å². The maximum atomic E-state index is 12.9. The van der Waals surface area contributed by atoms with Crippen molar-refractivity contribution in [2.45, 2.75) is 56.6 Å². The monoisotopic (exact) mass is 377 g/mol. The van der Waals surface area contributed by atoms with Gasteiger partial charge in [-0.05, 0) is 55.9 Å². The molecule has 28 heavy (non-hydrogen) atoms. The van der Waals surface area contributed by atoms with Gasteiger partial charge in [0, 0.05) is 31.1 Å². The molecule has 1 saturated heterocycles. The van der Waals surface area contributed by atoms with Crippen LogP contribution in [0, 0.1) is 0 Å². The molecule has 1 spiro atoms. The van der Waals surface area contributed by atoms with Crippen LogP contribution in [0.2, 0.25) is 0 Å². The SMILES string of the molecule is O=C(c1ccc(NC2CCOC3(CCCC3)C2)nc1)N1CCc2ccccc21. The number of carbonyl (C=O) groups is 1. The second-order valence-electron chi connectivity index (χ2n) is 8.34. The molecular formula is C23H27N3O2. The summed E-state index contributed by atoms with van der Waals surface area (Å²) in [5, 5.41) is 3.57. The van der Waals surface area contributed by atoms with Gasteiger partial charge in [0.2, 0.25) is 0 Å². The molecule has 1 atom stereocenters. The number of ether oxygens (including phenoxy) is 1. The summed E-state index contributed by atoms with van der Waals surface area (Å²) in [5.41, 5.74) is 3.00. The van der Waals surface area contributed by atoms with Crippen LogP contribution in [0.5, 0.6) is 0 Å². The van der Waals surface area contributed by atoms with Gasteiger partial charge in [0.15, 0.2) is 0 Å². The van der Waals surface area contributed by atoms with Crippen LogP contribution in [0.15, 0.2) is 42.6 Å². The van der Waals surface area contributed by atoms with Crippen molar-refractivity contribution in [3.8, 4) is 0 Å². The number of pyridine rings is 1. The number of anilines is 2. The van der Waals surface area contributed by atoms with Crippen molar-refractivity contribution in [2.24, 2.45) is 0 Å². The number of rotatable bonds is 3. The maximum absolute atomic E-state index is 12.9. The Morgan fingerprint density at radius 3 is 2.86 bits per heavy atom. The van der Waals surface area contributed by atoms with E-state index in [2.05, 4.69) is 16.4 Å². The second kappa shape index (κ2) is 7.21. The molecule has 1 N–H and O–H groups in total. The Labute approximate surface area is 166 Å². The Hall–Kier alpha value is -2.40. The maximum Gasteiger partial charge on any atom is 0.259 e. The van der Waals surface area contributed by atoms with E-state index in [4.69, 9.17) is 4.74 Å². The van der Waals surface area contributed by atoms with Gasteiger partial charge >= 0.3 is 0 Å². The Balaban J connectivity index is 1.25. The summed E-state index contributed by atoms with van der Waals surface area (Å²) in [7, 11) is 0. The van der Waals surface area contributed by atoms with Gasteiger partial charge in [0.1, 0.15) is 5.82 Å². The smallest absolute Gasteiger partial charge is 0.259 e. The van der Waals surface area contributed by atoms with E-state index in [-0.39, 0.29) is 11.5 Å². The third kappa shape index (κ3) is 3.28. The third-order valence-electron chi connectivity index (χ3n) is 6.50. The molecule has 2 aliphatic heterocycles. The van der Waals surface area contributed by atoms with Crippen molar-refractivity contribution < 1.29 is 9.53 Å². The van der Waals surface area contributed by atoms with Crippen LogP contribution in [0.4, 0.5) is 11.5 Å². The second-order valence-corrected chi connectivity index (χ2v) is 8.34. The van der Waals surface area contributed by atoms with Gasteiger partial charge in [-0.3, -0.25) is 4.79 Å². The highest BCUT2D eigenvalue weighted by atomic mass is 16.5. The molecule has 3 heterocycles. The van der Waals surface area contributed by atoms with E-state index in [9.17, 15) is 4.79 Å². The number of hydrogen-bond acceptors (Lipinski definition) is 4. The van der Waals surface area contributed by atoms with Gasteiger partial charge in [0.05, 0.1) is 11.2 Å². The number of para-hydroxylation sites is 1. The first kappa shape index (κ1) is 17.7. The van der Waals surface area contributed by atoms with Crippen LogP contribution in [0.25, 0.3) is 0 Å². The molecule has 1 aromatic carbocycles. The highest BCUT2D eigenvalue weighted by Gasteiger charge is 2.39. The predicted octanol–water partition coefficient (Wildman–Crippen LogP) is 4.19. The topological polar surface area (TPSA) is 54.5 Å². The lowest BCUT2D eigenvalue weighted by Crippen LogP contribution is -2.42. The van der Waals surface area contributed by atoms with Crippen LogP contribution in [0.1, 0.15) is 54.4 Å². The van der Waals surface area contributed by atoms with Gasteiger partial charge in [-0.1, -0.05) is 31.0 Å². The van der Waals surface area contributed by atoms with Crippen LogP contribution >= 0.6 is 0 Å². The molecule has 146 valence electrons. The zero-order chi connectivity index (χ0) is 19.0. The summed E-state index contributed by atoms with van der Waals surface area (Å²) in [4.78, 5) is 19.3. The normalized spacial score (nSPS) is 23.0. The van der Waals surface area contributed by atoms with E-state index in [0.29, 0.717) is 11.6 Å². The van der Waals surface area contributed by atoms with Crippen LogP contribution in [-0.4, -0.2) is 35.7 Å². The molecule has 1 unspecified atom stereocenters. The summed E-state index contributed by atoms with van der Waals surface area (Å²) in [6.07, 6.45) is 9.61. The number of hydrogen-bond donors (Lipinski definition) is 1. The first-order valence-corrected chi connectivity index (χ1v) is 10.5. The highest BCUT2D eigenvalue weighted by molar-refractivity contribution is 6.07. The Kier molecular flexibility index (Phi) is 4.55. The summed E-state index contributed by atoms with van der Waals surface area (Å²) in [6, 6.07) is 12.4. The molecule has 5 rings (SSSR count). The zero-order valence-electron chi connectivity index (χ0n) is 16.2. The Morgan fingerprint density at radius 2 is 2.04 bits per heavy atom. The lowest BCUT2D eigenvalue weighted by Gasteiger charge is -2.38. The minimum Gasteiger partial charge on any atom is -0.375 e. The van der Waals surface area contributed by atoms with Gasteiger partial charge in [-0.2, -0.15) is 0 Å². The minimum atomic E-state index is 0.0278. The fourth-order valence-corrected chi connectivity index (χ4v) is 5.04. The lowest BCUT2D eigenvalue weighted by atomic mass is 9.89. The molecule has 1 amide bonds. The molecule has 1 aliphatic carbocycles. The minimum absolute atomic E-state index is 0.0278. The van der Waals surface area contributed by atoms with Gasteiger partial charge in [-0.25, -0.2) is 4.98 Å². The van der Waals surface area contributed by atoms with Crippen molar-refractivity contribution in [1.29, 1.82) is 0 Å². The molecule has 0 bridgehead atoms. The third-order valence-corrected chi connectivity index (χ3v) is 6.50. The summed E-state index contributed by atoms with van der Waals surface area (Å²) in [6.45, 7) is 1.56. The molecule has 5 nitrogen and oxygen atoms in total. The van der Waals surface area contributed by atoms with E-state index in [1.807, 2.05) is 35.2 Å². The Morgan fingerprint density at radius 1 is 1.18 bits per heavy atom. The Bertz CT molecular complexity index is 858. The van der Waals surface area contributed by atoms with Crippen molar-refractivity contribution in [1.82, 2.24) is 4.98 Å². The number of carbonyl (C=O) groups excluding carboxylic acids is 1. The zero-order valence-corrected chi connectivity index (χ0v) is 16.2. The van der Waals surface area contributed by atoms with Crippen LogP contribution in [0.3, 0.4) is 0 Å². The lowest BCUT2D eigenvalue weighted by molar-refractivity contribution is -0.0767. The van der Waals surface area contributed by atoms with Crippen LogP contribution < -0.4 is 10.2 Å². The largest absolute Gasteiger partial charge is 0.375 e. The van der Waals surface area contributed by atoms with E-state index >= 15 is 0 Å². The van der Waals surface area contributed by atoms with Crippen molar-refractivity contribution in [3.63, 3.8) is 0 Å². The summed E-state index contributed by atoms with van der Waals surface area (Å²) >= 11 is 0. The fourth-order valence-electron chi connectivity index (χ4n) is 5.04. The van der Waals surface area contributed by atoms with Crippen molar-refractivity contribution in [3.05, 3.63) is 53.7 Å². The average molecular weight is 377 g/mol. The number of benzene rings is 1. The fraction of sp³-hybridized carbons (Fsp3) is 0.478. The highest BCUT2D eigenvalue weighted by Crippen LogP contribution is 2.40. The predicted molar refractivity (Wildman–Crippen MR) is 110 cm³/mol. The number of nitrogens with one attached hydrogen (secondary N) is 1. The molecule has 5 heteroatoms. The van der Waals surface area contributed by atoms with E-state index in [1.54, 1.807) is 6.20 Å². The molecular weight excluding hydrogens is 350 g/mol. The molecule has 3 aliphatic rings. The first-order valence-electron chi connectivity index (χ1n) is 10.5. The van der Waals surface area contributed by atoms with E-state index < -0.39 is 0 Å². The molecule has 2 fully saturated rings. The van der Waals surface area contributed by atoms with E-state index in [0.717, 1.165) is 43.9 Å². The van der Waals surface area contributed by atoms with Crippen molar-refractivity contribution in [2.75, 3.05) is 23.4 Å². The summed E-state index contributed by atoms with van der Waals surface area (Å²) < 4.78 is 6.12. The molecule has 1 saturated carbocycles. The van der Waals surface area contributed by atoms with Crippen LogP contribution in [-0.2, 0) is 11.2 Å².